The van der Waals surface area contributed by atoms with Crippen LogP contribution in [0.5, 0.6) is 11.5 Å². The van der Waals surface area contributed by atoms with Gasteiger partial charge in [0.2, 0.25) is 0 Å². The highest BCUT2D eigenvalue weighted by Crippen LogP contribution is 2.36. The van der Waals surface area contributed by atoms with E-state index in [1.54, 1.807) is 24.3 Å². The Kier molecular flexibility index (Phi) is 12.1. The number of carboxylic acid groups (broad SMARTS) is 2. The first-order chi connectivity index (χ1) is 16.8. The lowest BCUT2D eigenvalue weighted by molar-refractivity contribution is -0.146. The maximum Gasteiger partial charge on any atom is 0.326 e. The molecule has 0 aliphatic carbocycles. The molecule has 1 aliphatic heterocycles. The number of carbonyl (C=O) groups is 3. The predicted molar refractivity (Wildman–Crippen MR) is 140 cm³/mol. The van der Waals surface area contributed by atoms with Crippen LogP contribution in [0.25, 0.3) is 6.08 Å². The fraction of sp³-hybridized carbons (Fsp3) is 0.520. The molecule has 0 saturated carbocycles. The first-order valence-electron chi connectivity index (χ1n) is 11.9. The van der Waals surface area contributed by atoms with E-state index in [4.69, 9.17) is 26.8 Å². The van der Waals surface area contributed by atoms with Gasteiger partial charge in [-0.1, -0.05) is 69.1 Å². The zero-order chi connectivity index (χ0) is 25.8. The highest BCUT2D eigenvalue weighted by Gasteiger charge is 2.40. The van der Waals surface area contributed by atoms with Gasteiger partial charge < -0.3 is 19.7 Å². The molecule has 10 heteroatoms. The van der Waals surface area contributed by atoms with Gasteiger partial charge in [-0.3, -0.25) is 14.5 Å². The molecule has 1 aromatic rings. The molecule has 192 valence electrons. The quantitative estimate of drug-likeness (QED) is 0.168. The van der Waals surface area contributed by atoms with Crippen LogP contribution in [0.1, 0.15) is 70.8 Å². The van der Waals surface area contributed by atoms with E-state index in [-0.39, 0.29) is 22.1 Å². The van der Waals surface area contributed by atoms with E-state index in [0.717, 1.165) is 29.5 Å². The minimum Gasteiger partial charge on any atom is -0.490 e. The van der Waals surface area contributed by atoms with Gasteiger partial charge in [0.05, 0.1) is 18.1 Å². The van der Waals surface area contributed by atoms with Crippen LogP contribution in [-0.4, -0.2) is 56.5 Å². The Bertz CT molecular complexity index is 948. The Hall–Kier alpha value is -2.59. The molecular formula is C25H33NO7S2. The van der Waals surface area contributed by atoms with Gasteiger partial charge in [0, 0.05) is 6.42 Å². The summed E-state index contributed by atoms with van der Waals surface area (Å²) in [6, 6.07) is 4.03. The van der Waals surface area contributed by atoms with Crippen LogP contribution >= 0.6 is 24.0 Å². The van der Waals surface area contributed by atoms with Crippen LogP contribution in [0.4, 0.5) is 0 Å². The van der Waals surface area contributed by atoms with Crippen LogP contribution in [0.15, 0.2) is 23.1 Å². The van der Waals surface area contributed by atoms with Crippen molar-refractivity contribution in [2.45, 2.75) is 71.3 Å². The Morgan fingerprint density at radius 3 is 2.46 bits per heavy atom. The molecule has 1 aliphatic rings. The SMILES string of the molecule is CCCCCCCCOc1ccc(C=C2SC(=S)N(C(CCC(=O)O)C(=O)O)C2=O)cc1OCC. The van der Waals surface area contributed by atoms with Gasteiger partial charge in [0.25, 0.3) is 5.91 Å². The van der Waals surface area contributed by atoms with E-state index in [9.17, 15) is 19.5 Å². The van der Waals surface area contributed by atoms with Crippen molar-refractivity contribution in [1.82, 2.24) is 4.90 Å². The third-order valence-corrected chi connectivity index (χ3v) is 6.70. The van der Waals surface area contributed by atoms with Crippen LogP contribution in [0.3, 0.4) is 0 Å². The number of thioether (sulfide) groups is 1. The Morgan fingerprint density at radius 1 is 1.09 bits per heavy atom. The molecule has 0 aromatic heterocycles. The number of benzene rings is 1. The average Bonchev–Trinajstić information content (AvgIpc) is 3.07. The topological polar surface area (TPSA) is 113 Å². The summed E-state index contributed by atoms with van der Waals surface area (Å²) in [5.41, 5.74) is 0.679. The first kappa shape index (κ1) is 28.6. The zero-order valence-electron chi connectivity index (χ0n) is 20.2. The van der Waals surface area contributed by atoms with Crippen molar-refractivity contribution in [3.63, 3.8) is 0 Å². The number of aliphatic carboxylic acids is 2. The molecule has 2 N–H and O–H groups in total. The maximum atomic E-state index is 12.9. The first-order valence-corrected chi connectivity index (χ1v) is 13.1. The summed E-state index contributed by atoms with van der Waals surface area (Å²) >= 11 is 6.23. The lowest BCUT2D eigenvalue weighted by Gasteiger charge is -2.22. The summed E-state index contributed by atoms with van der Waals surface area (Å²) in [7, 11) is 0. The predicted octanol–water partition coefficient (Wildman–Crippen LogP) is 5.34. The largest absolute Gasteiger partial charge is 0.490 e. The monoisotopic (exact) mass is 523 g/mol. The molecule has 2 rings (SSSR count). The Balaban J connectivity index is 2.10. The number of hydrogen-bond acceptors (Lipinski definition) is 7. The summed E-state index contributed by atoms with van der Waals surface area (Å²) in [6.07, 6.45) is 8.01. The van der Waals surface area contributed by atoms with E-state index in [1.807, 2.05) is 6.92 Å². The number of ether oxygens (including phenoxy) is 2. The number of amides is 1. The second-order valence-electron chi connectivity index (χ2n) is 8.09. The Labute approximate surface area is 215 Å². The van der Waals surface area contributed by atoms with Crippen LogP contribution in [-0.2, 0) is 14.4 Å². The molecule has 1 heterocycles. The molecule has 1 saturated heterocycles. The van der Waals surface area contributed by atoms with Crippen molar-refractivity contribution < 1.29 is 34.1 Å². The molecule has 35 heavy (non-hydrogen) atoms. The van der Waals surface area contributed by atoms with Crippen molar-refractivity contribution in [1.29, 1.82) is 0 Å². The van der Waals surface area contributed by atoms with Gasteiger partial charge >= 0.3 is 11.9 Å². The van der Waals surface area contributed by atoms with Gasteiger partial charge in [-0.05, 0) is 43.5 Å². The van der Waals surface area contributed by atoms with E-state index in [1.165, 1.54) is 25.7 Å². The molecule has 1 atom stereocenters. The van der Waals surface area contributed by atoms with Crippen molar-refractivity contribution in [3.05, 3.63) is 28.7 Å². The lowest BCUT2D eigenvalue weighted by Crippen LogP contribution is -2.44. The summed E-state index contributed by atoms with van der Waals surface area (Å²) in [4.78, 5) is 36.8. The lowest BCUT2D eigenvalue weighted by atomic mass is 10.1. The van der Waals surface area contributed by atoms with Crippen LogP contribution in [0.2, 0.25) is 0 Å². The number of carbonyl (C=O) groups excluding carboxylic acids is 1. The smallest absolute Gasteiger partial charge is 0.326 e. The van der Waals surface area contributed by atoms with E-state index in [0.29, 0.717) is 30.3 Å². The minimum atomic E-state index is -1.33. The average molecular weight is 524 g/mol. The van der Waals surface area contributed by atoms with Crippen LogP contribution in [0, 0.1) is 0 Å². The summed E-state index contributed by atoms with van der Waals surface area (Å²) in [6.45, 7) is 5.11. The fourth-order valence-electron chi connectivity index (χ4n) is 3.59. The van der Waals surface area contributed by atoms with Gasteiger partial charge in [-0.25, -0.2) is 4.79 Å². The van der Waals surface area contributed by atoms with E-state index >= 15 is 0 Å². The second-order valence-corrected chi connectivity index (χ2v) is 9.77. The Morgan fingerprint density at radius 2 is 1.80 bits per heavy atom. The summed E-state index contributed by atoms with van der Waals surface area (Å²) < 4.78 is 11.7. The number of nitrogens with zero attached hydrogens (tertiary/aromatic N) is 1. The zero-order valence-corrected chi connectivity index (χ0v) is 21.8. The highest BCUT2D eigenvalue weighted by molar-refractivity contribution is 8.26. The number of rotatable bonds is 16. The molecule has 0 bridgehead atoms. The third kappa shape index (κ3) is 8.85. The third-order valence-electron chi connectivity index (χ3n) is 5.37. The number of hydrogen-bond donors (Lipinski definition) is 2. The minimum absolute atomic E-state index is 0.0861. The molecule has 1 fully saturated rings. The number of carboxylic acids is 2. The highest BCUT2D eigenvalue weighted by atomic mass is 32.2. The molecule has 1 unspecified atom stereocenters. The molecule has 1 amide bonds. The van der Waals surface area contributed by atoms with Crippen molar-refractivity contribution in [3.8, 4) is 11.5 Å². The van der Waals surface area contributed by atoms with Crippen LogP contribution < -0.4 is 9.47 Å². The molecule has 8 nitrogen and oxygen atoms in total. The number of unbranched alkanes of at least 4 members (excludes halogenated alkanes) is 5. The van der Waals surface area contributed by atoms with Crippen molar-refractivity contribution in [2.75, 3.05) is 13.2 Å². The molecular weight excluding hydrogens is 490 g/mol. The fourth-order valence-corrected chi connectivity index (χ4v) is 4.95. The number of thiocarbonyl (C=S) groups is 1. The van der Waals surface area contributed by atoms with Gasteiger partial charge in [-0.15, -0.1) is 0 Å². The molecule has 0 radical (unpaired) electrons. The van der Waals surface area contributed by atoms with Crippen molar-refractivity contribution >= 4 is 52.2 Å². The molecule has 0 spiro atoms. The second kappa shape index (κ2) is 14.7. The van der Waals surface area contributed by atoms with Gasteiger partial charge in [-0.2, -0.15) is 0 Å². The van der Waals surface area contributed by atoms with E-state index in [2.05, 4.69) is 6.92 Å². The molecule has 1 aromatic carbocycles. The normalized spacial score (nSPS) is 15.5. The van der Waals surface area contributed by atoms with Crippen molar-refractivity contribution in [2.24, 2.45) is 0 Å². The standard InChI is InChI=1S/C25H33NO7S2/c1-3-5-6-7-8-9-14-33-19-12-10-17(15-20(19)32-4-2)16-21-23(29)26(25(34)35-21)18(24(30)31)11-13-22(27)28/h10,12,15-16,18H,3-9,11,13-14H2,1-2H3,(H,27,28)(H,30,31). The van der Waals surface area contributed by atoms with Gasteiger partial charge in [0.1, 0.15) is 10.4 Å². The maximum absolute atomic E-state index is 12.9. The summed E-state index contributed by atoms with van der Waals surface area (Å²) in [5, 5.41) is 18.4. The van der Waals surface area contributed by atoms with E-state index < -0.39 is 23.9 Å². The summed E-state index contributed by atoms with van der Waals surface area (Å²) in [5.74, 6) is -1.80. The van der Waals surface area contributed by atoms with Gasteiger partial charge in [0.15, 0.2) is 11.5 Å².